The van der Waals surface area contributed by atoms with Gasteiger partial charge in [-0.25, -0.2) is 0 Å². The fourth-order valence-corrected chi connectivity index (χ4v) is 2.63. The summed E-state index contributed by atoms with van der Waals surface area (Å²) < 4.78 is 0. The van der Waals surface area contributed by atoms with E-state index in [9.17, 15) is 4.79 Å². The van der Waals surface area contributed by atoms with Gasteiger partial charge in [-0.15, -0.1) is 0 Å². The summed E-state index contributed by atoms with van der Waals surface area (Å²) in [6.07, 6.45) is 3.80. The van der Waals surface area contributed by atoms with E-state index in [-0.39, 0.29) is 5.92 Å². The molecule has 0 saturated heterocycles. The summed E-state index contributed by atoms with van der Waals surface area (Å²) in [5.74, 6) is 2.26. The Labute approximate surface area is 81.9 Å². The van der Waals surface area contributed by atoms with E-state index in [1.807, 2.05) is 13.8 Å². The maximum Gasteiger partial charge on any atom is 0.139 e. The van der Waals surface area contributed by atoms with Crippen LogP contribution in [0.25, 0.3) is 0 Å². The summed E-state index contributed by atoms with van der Waals surface area (Å²) in [6.45, 7) is 8.52. The molecule has 1 nitrogen and oxygen atoms in total. The van der Waals surface area contributed by atoms with Crippen LogP contribution in [0, 0.1) is 23.7 Å². The fourth-order valence-electron chi connectivity index (χ4n) is 2.63. The minimum Gasteiger partial charge on any atom is -0.299 e. The Morgan fingerprint density at radius 2 is 1.62 bits per heavy atom. The number of hydrogen-bond donors (Lipinski definition) is 0. The molecule has 0 radical (unpaired) electrons. The topological polar surface area (TPSA) is 17.1 Å². The van der Waals surface area contributed by atoms with Gasteiger partial charge in [-0.1, -0.05) is 47.0 Å². The minimum atomic E-state index is 0.216. The highest BCUT2D eigenvalue weighted by Crippen LogP contribution is 2.36. The van der Waals surface area contributed by atoms with E-state index in [0.29, 0.717) is 23.5 Å². The zero-order chi connectivity index (χ0) is 10.0. The van der Waals surface area contributed by atoms with Crippen LogP contribution in [0.15, 0.2) is 0 Å². The van der Waals surface area contributed by atoms with E-state index in [1.165, 1.54) is 19.3 Å². The van der Waals surface area contributed by atoms with Gasteiger partial charge in [0.1, 0.15) is 5.78 Å². The first-order valence-corrected chi connectivity index (χ1v) is 5.57. The summed E-state index contributed by atoms with van der Waals surface area (Å²) in [5, 5.41) is 0. The van der Waals surface area contributed by atoms with Gasteiger partial charge in [0, 0.05) is 11.8 Å². The lowest BCUT2D eigenvalue weighted by atomic mass is 9.70. The third kappa shape index (κ3) is 2.32. The van der Waals surface area contributed by atoms with Crippen molar-refractivity contribution in [2.45, 2.75) is 47.0 Å². The quantitative estimate of drug-likeness (QED) is 0.640. The first-order chi connectivity index (χ1) is 6.04. The zero-order valence-electron chi connectivity index (χ0n) is 9.34. The molecule has 1 heteroatoms. The smallest absolute Gasteiger partial charge is 0.139 e. The molecular formula is C12H22O. The molecule has 13 heavy (non-hydrogen) atoms. The molecule has 0 aromatic carbocycles. The first kappa shape index (κ1) is 10.7. The molecule has 0 heterocycles. The van der Waals surface area contributed by atoms with Crippen LogP contribution in [0.2, 0.25) is 0 Å². The van der Waals surface area contributed by atoms with Crippen LogP contribution in [0.5, 0.6) is 0 Å². The highest BCUT2D eigenvalue weighted by atomic mass is 16.1. The number of ketones is 1. The Kier molecular flexibility index (Phi) is 3.52. The van der Waals surface area contributed by atoms with Crippen molar-refractivity contribution in [1.82, 2.24) is 0 Å². The second-order valence-corrected chi connectivity index (χ2v) is 4.97. The highest BCUT2D eigenvalue weighted by molar-refractivity contribution is 5.83. The summed E-state index contributed by atoms with van der Waals surface area (Å²) in [6, 6.07) is 0. The molecule has 1 aliphatic carbocycles. The van der Waals surface area contributed by atoms with E-state index < -0.39 is 0 Å². The van der Waals surface area contributed by atoms with Gasteiger partial charge in [0.15, 0.2) is 0 Å². The molecule has 2 atom stereocenters. The van der Waals surface area contributed by atoms with Gasteiger partial charge in [0.25, 0.3) is 0 Å². The van der Waals surface area contributed by atoms with Crippen molar-refractivity contribution >= 4 is 5.78 Å². The van der Waals surface area contributed by atoms with Crippen molar-refractivity contribution in [3.05, 3.63) is 0 Å². The van der Waals surface area contributed by atoms with Crippen molar-refractivity contribution in [3.63, 3.8) is 0 Å². The lowest BCUT2D eigenvalue weighted by molar-refractivity contribution is -0.130. The molecule has 1 fully saturated rings. The maximum absolute atomic E-state index is 11.9. The molecule has 1 aliphatic rings. The van der Waals surface area contributed by atoms with Gasteiger partial charge in [0.05, 0.1) is 0 Å². The van der Waals surface area contributed by atoms with Gasteiger partial charge in [0.2, 0.25) is 0 Å². The summed E-state index contributed by atoms with van der Waals surface area (Å²) in [5.41, 5.74) is 0. The number of carbonyl (C=O) groups is 1. The van der Waals surface area contributed by atoms with Crippen LogP contribution in [0.3, 0.4) is 0 Å². The molecule has 0 aromatic rings. The minimum absolute atomic E-state index is 0.216. The largest absolute Gasteiger partial charge is 0.299 e. The number of hydrogen-bond acceptors (Lipinski definition) is 1. The molecule has 0 aliphatic heterocycles. The molecule has 76 valence electrons. The molecule has 1 rings (SSSR count). The molecule has 0 spiro atoms. The van der Waals surface area contributed by atoms with E-state index in [4.69, 9.17) is 0 Å². The first-order valence-electron chi connectivity index (χ1n) is 5.57. The Balaban J connectivity index is 2.68. The predicted molar refractivity (Wildman–Crippen MR) is 55.5 cm³/mol. The van der Waals surface area contributed by atoms with Crippen LogP contribution in [-0.2, 0) is 4.79 Å². The van der Waals surface area contributed by atoms with Crippen molar-refractivity contribution in [2.75, 3.05) is 0 Å². The number of rotatable bonds is 2. The van der Waals surface area contributed by atoms with Crippen molar-refractivity contribution in [2.24, 2.45) is 23.7 Å². The molecule has 0 aromatic heterocycles. The Bertz CT molecular complexity index is 174. The van der Waals surface area contributed by atoms with Gasteiger partial charge in [-0.2, -0.15) is 0 Å². The van der Waals surface area contributed by atoms with Crippen LogP contribution < -0.4 is 0 Å². The average Bonchev–Trinajstić information content (AvgIpc) is 2.03. The van der Waals surface area contributed by atoms with Crippen molar-refractivity contribution < 1.29 is 4.79 Å². The standard InChI is InChI=1S/C12H22O/c1-8(2)12(13)11-9(3)6-5-7-10(11)4/h8-11H,5-7H2,1-4H3. The normalized spacial score (nSPS) is 35.0. The number of Topliss-reactive ketones (excluding diaryl/α,β-unsaturated/α-hetero) is 1. The maximum atomic E-state index is 11.9. The third-order valence-electron chi connectivity index (χ3n) is 3.44. The van der Waals surface area contributed by atoms with Crippen LogP contribution >= 0.6 is 0 Å². The molecular weight excluding hydrogens is 160 g/mol. The van der Waals surface area contributed by atoms with E-state index >= 15 is 0 Å². The SMILES string of the molecule is CC(C)C(=O)C1C(C)CCCC1C. The lowest BCUT2D eigenvalue weighted by Gasteiger charge is -2.34. The van der Waals surface area contributed by atoms with Gasteiger partial charge in [-0.05, 0) is 11.8 Å². The van der Waals surface area contributed by atoms with Crippen LogP contribution in [-0.4, -0.2) is 5.78 Å². The van der Waals surface area contributed by atoms with Crippen molar-refractivity contribution in [3.8, 4) is 0 Å². The van der Waals surface area contributed by atoms with Crippen LogP contribution in [0.1, 0.15) is 47.0 Å². The zero-order valence-corrected chi connectivity index (χ0v) is 9.34. The van der Waals surface area contributed by atoms with Crippen molar-refractivity contribution in [1.29, 1.82) is 0 Å². The second-order valence-electron chi connectivity index (χ2n) is 4.97. The lowest BCUT2D eigenvalue weighted by Crippen LogP contribution is -2.34. The predicted octanol–water partition coefficient (Wildman–Crippen LogP) is 3.28. The molecule has 0 amide bonds. The summed E-state index contributed by atoms with van der Waals surface area (Å²) in [4.78, 5) is 11.9. The second kappa shape index (κ2) is 4.26. The van der Waals surface area contributed by atoms with Gasteiger partial charge >= 0.3 is 0 Å². The molecule has 0 N–H and O–H groups in total. The van der Waals surface area contributed by atoms with Gasteiger partial charge in [-0.3, -0.25) is 4.79 Å². The highest BCUT2D eigenvalue weighted by Gasteiger charge is 2.33. The third-order valence-corrected chi connectivity index (χ3v) is 3.44. The molecule has 1 saturated carbocycles. The monoisotopic (exact) mass is 182 g/mol. The van der Waals surface area contributed by atoms with Gasteiger partial charge < -0.3 is 0 Å². The Morgan fingerprint density at radius 1 is 1.15 bits per heavy atom. The fraction of sp³-hybridized carbons (Fsp3) is 0.917. The average molecular weight is 182 g/mol. The Morgan fingerprint density at radius 3 is 2.00 bits per heavy atom. The Hall–Kier alpha value is -0.330. The number of carbonyl (C=O) groups excluding carboxylic acids is 1. The summed E-state index contributed by atoms with van der Waals surface area (Å²) in [7, 11) is 0. The van der Waals surface area contributed by atoms with E-state index in [2.05, 4.69) is 13.8 Å². The summed E-state index contributed by atoms with van der Waals surface area (Å²) >= 11 is 0. The molecule has 0 bridgehead atoms. The van der Waals surface area contributed by atoms with E-state index in [0.717, 1.165) is 0 Å². The molecule has 2 unspecified atom stereocenters. The van der Waals surface area contributed by atoms with E-state index in [1.54, 1.807) is 0 Å². The van der Waals surface area contributed by atoms with Crippen LogP contribution in [0.4, 0.5) is 0 Å².